The van der Waals surface area contributed by atoms with E-state index in [4.69, 9.17) is 4.74 Å². The Morgan fingerprint density at radius 2 is 1.78 bits per heavy atom. The van der Waals surface area contributed by atoms with E-state index in [1.165, 1.54) is 24.9 Å². The lowest BCUT2D eigenvalue weighted by Crippen LogP contribution is -2.29. The zero-order valence-corrected chi connectivity index (χ0v) is 13.2. The number of hydrogen-bond acceptors (Lipinski definition) is 3. The maximum absolute atomic E-state index is 12.0. The molecule has 3 rings (SSSR count). The van der Waals surface area contributed by atoms with E-state index in [2.05, 4.69) is 16.3 Å². The van der Waals surface area contributed by atoms with Gasteiger partial charge in [0.25, 0.3) is 5.91 Å². The Morgan fingerprint density at radius 1 is 1.00 bits per heavy atom. The maximum atomic E-state index is 12.0. The third kappa shape index (κ3) is 4.49. The van der Waals surface area contributed by atoms with Crippen LogP contribution >= 0.6 is 0 Å². The number of para-hydroxylation sites is 1. The fourth-order valence-corrected chi connectivity index (χ4v) is 2.80. The minimum absolute atomic E-state index is 0.0119. The maximum Gasteiger partial charge on any atom is 0.262 e. The van der Waals surface area contributed by atoms with Crippen molar-refractivity contribution in [2.45, 2.75) is 19.3 Å². The number of ether oxygens (including phenoxy) is 1. The van der Waals surface area contributed by atoms with Crippen molar-refractivity contribution in [3.05, 3.63) is 54.6 Å². The fourth-order valence-electron chi connectivity index (χ4n) is 2.80. The summed E-state index contributed by atoms with van der Waals surface area (Å²) in [5.74, 6) is 0.550. The number of carbonyl (C=O) groups is 1. The van der Waals surface area contributed by atoms with Crippen molar-refractivity contribution in [3.8, 4) is 5.75 Å². The highest BCUT2D eigenvalue weighted by Crippen LogP contribution is 2.23. The Bertz CT molecular complexity index is 637. The zero-order chi connectivity index (χ0) is 15.9. The van der Waals surface area contributed by atoms with Gasteiger partial charge in [0.1, 0.15) is 5.75 Å². The summed E-state index contributed by atoms with van der Waals surface area (Å²) < 4.78 is 5.46. The molecule has 1 saturated heterocycles. The van der Waals surface area contributed by atoms with Crippen LogP contribution in [0.1, 0.15) is 19.3 Å². The van der Waals surface area contributed by atoms with Gasteiger partial charge in [-0.1, -0.05) is 24.3 Å². The minimum atomic E-state index is -0.148. The Hall–Kier alpha value is -2.49. The van der Waals surface area contributed by atoms with Crippen molar-refractivity contribution >= 4 is 17.3 Å². The van der Waals surface area contributed by atoms with Gasteiger partial charge in [0.05, 0.1) is 0 Å². The standard InChI is InChI=1S/C19H22N2O2/c22-19(15-23-18-10-3-1-4-11-18)20-16-8-7-9-17(14-16)21-12-5-2-6-13-21/h1,3-4,7-11,14H,2,5-6,12-13,15H2,(H,20,22). The molecule has 0 unspecified atom stereocenters. The van der Waals surface area contributed by atoms with Gasteiger partial charge in [-0.25, -0.2) is 0 Å². The van der Waals surface area contributed by atoms with E-state index < -0.39 is 0 Å². The molecule has 4 nitrogen and oxygen atoms in total. The first-order valence-electron chi connectivity index (χ1n) is 8.14. The predicted molar refractivity (Wildman–Crippen MR) is 93.1 cm³/mol. The molecular formula is C19H22N2O2. The number of piperidine rings is 1. The largest absolute Gasteiger partial charge is 0.484 e. The molecular weight excluding hydrogens is 288 g/mol. The summed E-state index contributed by atoms with van der Waals surface area (Å²) in [5, 5.41) is 2.90. The van der Waals surface area contributed by atoms with Gasteiger partial charge >= 0.3 is 0 Å². The summed E-state index contributed by atoms with van der Waals surface area (Å²) >= 11 is 0. The Balaban J connectivity index is 1.55. The van der Waals surface area contributed by atoms with Gasteiger partial charge in [-0.3, -0.25) is 4.79 Å². The second kappa shape index (κ2) is 7.68. The Labute approximate surface area is 137 Å². The van der Waals surface area contributed by atoms with Gasteiger partial charge in [0, 0.05) is 24.5 Å². The number of anilines is 2. The third-order valence-corrected chi connectivity index (χ3v) is 3.96. The summed E-state index contributed by atoms with van der Waals surface area (Å²) in [4.78, 5) is 14.4. The Morgan fingerprint density at radius 3 is 2.57 bits per heavy atom. The van der Waals surface area contributed by atoms with Crippen LogP contribution in [0.5, 0.6) is 5.75 Å². The summed E-state index contributed by atoms with van der Waals surface area (Å²) in [6.45, 7) is 2.20. The highest BCUT2D eigenvalue weighted by molar-refractivity contribution is 5.92. The molecule has 1 fully saturated rings. The van der Waals surface area contributed by atoms with Crippen LogP contribution in [0, 0.1) is 0 Å². The number of nitrogens with zero attached hydrogens (tertiary/aromatic N) is 1. The number of carbonyl (C=O) groups excluding carboxylic acids is 1. The molecule has 2 aromatic rings. The average molecular weight is 310 g/mol. The SMILES string of the molecule is O=C(COc1ccccc1)Nc1cccc(N2CCCCC2)c1. The summed E-state index contributed by atoms with van der Waals surface area (Å²) in [6, 6.07) is 17.4. The lowest BCUT2D eigenvalue weighted by molar-refractivity contribution is -0.118. The molecule has 120 valence electrons. The molecule has 0 bridgehead atoms. The minimum Gasteiger partial charge on any atom is -0.484 e. The molecule has 23 heavy (non-hydrogen) atoms. The van der Waals surface area contributed by atoms with E-state index >= 15 is 0 Å². The molecule has 4 heteroatoms. The third-order valence-electron chi connectivity index (χ3n) is 3.96. The summed E-state index contributed by atoms with van der Waals surface area (Å²) in [6.07, 6.45) is 3.78. The quantitative estimate of drug-likeness (QED) is 0.915. The second-order valence-electron chi connectivity index (χ2n) is 5.75. The monoisotopic (exact) mass is 310 g/mol. The zero-order valence-electron chi connectivity index (χ0n) is 13.2. The van der Waals surface area contributed by atoms with Gasteiger partial charge in [0.15, 0.2) is 6.61 Å². The summed E-state index contributed by atoms with van der Waals surface area (Å²) in [7, 11) is 0. The normalized spacial score (nSPS) is 14.3. The first-order chi connectivity index (χ1) is 11.3. The number of hydrogen-bond donors (Lipinski definition) is 1. The number of rotatable bonds is 5. The lowest BCUT2D eigenvalue weighted by atomic mass is 10.1. The predicted octanol–water partition coefficient (Wildman–Crippen LogP) is 3.69. The Kier molecular flexibility index (Phi) is 5.14. The van der Waals surface area contributed by atoms with Crippen LogP contribution in [-0.4, -0.2) is 25.6 Å². The molecule has 2 aromatic carbocycles. The van der Waals surface area contributed by atoms with Crippen LogP contribution in [0.3, 0.4) is 0 Å². The molecule has 0 saturated carbocycles. The van der Waals surface area contributed by atoms with E-state index in [1.54, 1.807) is 0 Å². The number of nitrogens with one attached hydrogen (secondary N) is 1. The van der Waals surface area contributed by atoms with Gasteiger partial charge in [-0.15, -0.1) is 0 Å². The molecule has 0 aromatic heterocycles. The molecule has 0 atom stereocenters. The van der Waals surface area contributed by atoms with Crippen LogP contribution < -0.4 is 15.0 Å². The van der Waals surface area contributed by atoms with Crippen LogP contribution in [0.15, 0.2) is 54.6 Å². The summed E-state index contributed by atoms with van der Waals surface area (Å²) in [5.41, 5.74) is 1.99. The number of amides is 1. The average Bonchev–Trinajstić information content (AvgIpc) is 2.62. The van der Waals surface area contributed by atoms with Crippen LogP contribution in [-0.2, 0) is 4.79 Å². The van der Waals surface area contributed by atoms with Crippen molar-refractivity contribution in [1.29, 1.82) is 0 Å². The molecule has 1 N–H and O–H groups in total. The van der Waals surface area contributed by atoms with Crippen molar-refractivity contribution < 1.29 is 9.53 Å². The molecule has 1 amide bonds. The van der Waals surface area contributed by atoms with E-state index in [0.717, 1.165) is 18.8 Å². The molecule has 0 spiro atoms. The van der Waals surface area contributed by atoms with Gasteiger partial charge < -0.3 is 15.0 Å². The van der Waals surface area contributed by atoms with E-state index in [9.17, 15) is 4.79 Å². The lowest BCUT2D eigenvalue weighted by Gasteiger charge is -2.29. The highest BCUT2D eigenvalue weighted by Gasteiger charge is 2.11. The van der Waals surface area contributed by atoms with E-state index in [0.29, 0.717) is 5.75 Å². The second-order valence-corrected chi connectivity index (χ2v) is 5.75. The first kappa shape index (κ1) is 15.4. The van der Waals surface area contributed by atoms with E-state index in [-0.39, 0.29) is 12.5 Å². The smallest absolute Gasteiger partial charge is 0.262 e. The first-order valence-corrected chi connectivity index (χ1v) is 8.14. The van der Waals surface area contributed by atoms with Crippen molar-refractivity contribution in [1.82, 2.24) is 0 Å². The van der Waals surface area contributed by atoms with Crippen LogP contribution in [0.2, 0.25) is 0 Å². The molecule has 1 aliphatic heterocycles. The number of benzene rings is 2. The van der Waals surface area contributed by atoms with Crippen molar-refractivity contribution in [2.24, 2.45) is 0 Å². The highest BCUT2D eigenvalue weighted by atomic mass is 16.5. The van der Waals surface area contributed by atoms with Crippen LogP contribution in [0.4, 0.5) is 11.4 Å². The fraction of sp³-hybridized carbons (Fsp3) is 0.316. The molecule has 0 aliphatic carbocycles. The van der Waals surface area contributed by atoms with Crippen LogP contribution in [0.25, 0.3) is 0 Å². The van der Waals surface area contributed by atoms with E-state index in [1.807, 2.05) is 48.5 Å². The molecule has 1 heterocycles. The van der Waals surface area contributed by atoms with Gasteiger partial charge in [0.2, 0.25) is 0 Å². The van der Waals surface area contributed by atoms with Gasteiger partial charge in [-0.05, 0) is 49.6 Å². The van der Waals surface area contributed by atoms with Gasteiger partial charge in [-0.2, -0.15) is 0 Å². The topological polar surface area (TPSA) is 41.6 Å². The molecule has 1 aliphatic rings. The van der Waals surface area contributed by atoms with Crippen molar-refractivity contribution in [3.63, 3.8) is 0 Å². The van der Waals surface area contributed by atoms with Crippen molar-refractivity contribution in [2.75, 3.05) is 29.9 Å². The molecule has 0 radical (unpaired) electrons.